The first-order valence-corrected chi connectivity index (χ1v) is 19.1. The molecule has 0 bridgehead atoms. The first-order chi connectivity index (χ1) is 26.6. The second kappa shape index (κ2) is 14.2. The van der Waals surface area contributed by atoms with Gasteiger partial charge in [0.1, 0.15) is 0 Å². The molecule has 0 radical (unpaired) electrons. The van der Waals surface area contributed by atoms with Crippen LogP contribution in [0.4, 0.5) is 17.1 Å². The van der Waals surface area contributed by atoms with Crippen LogP contribution in [-0.4, -0.2) is 0 Å². The van der Waals surface area contributed by atoms with E-state index in [1.54, 1.807) is 0 Å². The summed E-state index contributed by atoms with van der Waals surface area (Å²) in [7, 11) is 0. The number of rotatable bonds is 8. The summed E-state index contributed by atoms with van der Waals surface area (Å²) in [5, 5.41) is 0. The van der Waals surface area contributed by atoms with Crippen LogP contribution in [0.25, 0.3) is 55.6 Å². The molecule has 1 unspecified atom stereocenters. The van der Waals surface area contributed by atoms with E-state index in [0.29, 0.717) is 5.92 Å². The van der Waals surface area contributed by atoms with E-state index in [1.165, 1.54) is 77.9 Å². The zero-order valence-electron chi connectivity index (χ0n) is 31.1. The van der Waals surface area contributed by atoms with Crippen LogP contribution in [0.15, 0.2) is 188 Å². The van der Waals surface area contributed by atoms with Crippen molar-refractivity contribution in [3.8, 4) is 55.6 Å². The number of hydrogen-bond donors (Lipinski definition) is 0. The highest BCUT2D eigenvalue weighted by atomic mass is 15.1. The smallest absolute Gasteiger partial charge is 0.0467 e. The van der Waals surface area contributed by atoms with Crippen LogP contribution in [0.3, 0.4) is 0 Å². The first-order valence-electron chi connectivity index (χ1n) is 19.1. The summed E-state index contributed by atoms with van der Waals surface area (Å²) < 4.78 is 0. The quantitative estimate of drug-likeness (QED) is 0.153. The van der Waals surface area contributed by atoms with Gasteiger partial charge >= 0.3 is 0 Å². The van der Waals surface area contributed by atoms with E-state index in [4.69, 9.17) is 0 Å². The van der Waals surface area contributed by atoms with E-state index in [0.717, 1.165) is 23.5 Å². The predicted molar refractivity (Wildman–Crippen MR) is 230 cm³/mol. The molecule has 8 aromatic carbocycles. The lowest BCUT2D eigenvalue weighted by atomic mass is 9.88. The second-order valence-corrected chi connectivity index (χ2v) is 14.5. The van der Waals surface area contributed by atoms with Crippen molar-refractivity contribution >= 4 is 17.1 Å². The minimum Gasteiger partial charge on any atom is -0.310 e. The van der Waals surface area contributed by atoms with Crippen LogP contribution in [-0.2, 0) is 0 Å². The van der Waals surface area contributed by atoms with E-state index in [1.807, 2.05) is 0 Å². The Labute approximate surface area is 319 Å². The fourth-order valence-electron chi connectivity index (χ4n) is 8.52. The summed E-state index contributed by atoms with van der Waals surface area (Å²) in [6.45, 7) is 6.71. The molecule has 9 rings (SSSR count). The second-order valence-electron chi connectivity index (χ2n) is 14.5. The highest BCUT2D eigenvalue weighted by Gasteiger charge is 2.30. The van der Waals surface area contributed by atoms with Crippen molar-refractivity contribution in [1.82, 2.24) is 0 Å². The van der Waals surface area contributed by atoms with Gasteiger partial charge in [-0.05, 0) is 141 Å². The third-order valence-corrected chi connectivity index (χ3v) is 11.3. The number of hydrogen-bond acceptors (Lipinski definition) is 1. The summed E-state index contributed by atoms with van der Waals surface area (Å²) in [4.78, 5) is 2.39. The Hall–Kier alpha value is -6.44. The molecule has 0 saturated heterocycles. The maximum atomic E-state index is 2.39. The number of anilines is 3. The highest BCUT2D eigenvalue weighted by molar-refractivity contribution is 5.89. The summed E-state index contributed by atoms with van der Waals surface area (Å²) in [6.07, 6.45) is 1.07. The molecule has 0 N–H and O–H groups in total. The molecule has 0 saturated carbocycles. The summed E-state index contributed by atoms with van der Waals surface area (Å²) >= 11 is 0. The zero-order valence-corrected chi connectivity index (χ0v) is 31.1. The molecule has 1 atom stereocenters. The zero-order chi connectivity index (χ0) is 36.6. The van der Waals surface area contributed by atoms with Crippen LogP contribution in [0.1, 0.15) is 41.5 Å². The van der Waals surface area contributed by atoms with E-state index in [-0.39, 0.29) is 0 Å². The van der Waals surface area contributed by atoms with E-state index in [2.05, 4.69) is 214 Å². The van der Waals surface area contributed by atoms with Crippen LogP contribution in [0, 0.1) is 13.8 Å². The molecular weight excluding hydrogens is 651 g/mol. The minimum absolute atomic E-state index is 0.387. The number of fused-ring (bicyclic) bond motifs is 3. The van der Waals surface area contributed by atoms with Gasteiger partial charge in [-0.15, -0.1) is 0 Å². The number of nitrogens with zero attached hydrogens (tertiary/aromatic N) is 1. The molecule has 1 nitrogen and oxygen atoms in total. The largest absolute Gasteiger partial charge is 0.310 e. The molecule has 1 heteroatoms. The molecule has 0 aromatic heterocycles. The van der Waals surface area contributed by atoms with Gasteiger partial charge < -0.3 is 4.90 Å². The van der Waals surface area contributed by atoms with Gasteiger partial charge in [0.2, 0.25) is 0 Å². The minimum atomic E-state index is 0.387. The molecule has 8 aromatic rings. The van der Waals surface area contributed by atoms with E-state index >= 15 is 0 Å². The fraction of sp³-hybridized carbons (Fsp3) is 0.0943. The lowest BCUT2D eigenvalue weighted by molar-refractivity contribution is 0.799. The van der Waals surface area contributed by atoms with Crippen molar-refractivity contribution in [3.05, 3.63) is 210 Å². The third kappa shape index (κ3) is 6.02. The Morgan fingerprint density at radius 3 is 1.63 bits per heavy atom. The van der Waals surface area contributed by atoms with Gasteiger partial charge in [-0.25, -0.2) is 0 Å². The predicted octanol–water partition coefficient (Wildman–Crippen LogP) is 15.0. The molecule has 0 amide bonds. The van der Waals surface area contributed by atoms with Crippen molar-refractivity contribution < 1.29 is 0 Å². The monoisotopic (exact) mass is 693 g/mol. The summed E-state index contributed by atoms with van der Waals surface area (Å²) in [6, 6.07) is 69.1. The molecule has 1 aliphatic carbocycles. The van der Waals surface area contributed by atoms with Gasteiger partial charge in [-0.2, -0.15) is 0 Å². The summed E-state index contributed by atoms with van der Waals surface area (Å²) in [5.74, 6) is 0.387. The third-order valence-electron chi connectivity index (χ3n) is 11.3. The molecule has 1 aliphatic rings. The van der Waals surface area contributed by atoms with Crippen molar-refractivity contribution in [1.29, 1.82) is 0 Å². The van der Waals surface area contributed by atoms with Gasteiger partial charge in [-0.3, -0.25) is 0 Å². The normalized spacial score (nSPS) is 13.0. The Kier molecular flexibility index (Phi) is 8.77. The molecule has 0 heterocycles. The molecule has 260 valence electrons. The average molecular weight is 694 g/mol. The Balaban J connectivity index is 1.13. The van der Waals surface area contributed by atoms with Gasteiger partial charge in [0.15, 0.2) is 0 Å². The maximum absolute atomic E-state index is 2.39. The van der Waals surface area contributed by atoms with E-state index in [9.17, 15) is 0 Å². The Bertz CT molecular complexity index is 2600. The van der Waals surface area contributed by atoms with Crippen molar-refractivity contribution in [2.75, 3.05) is 4.90 Å². The Morgan fingerprint density at radius 2 is 0.907 bits per heavy atom. The average Bonchev–Trinajstić information content (AvgIpc) is 3.56. The topological polar surface area (TPSA) is 3.24 Å². The lowest BCUT2D eigenvalue weighted by Crippen LogP contribution is -2.10. The molecule has 0 spiro atoms. The molecular formula is C53H43N. The maximum Gasteiger partial charge on any atom is 0.0467 e. The highest BCUT2D eigenvalue weighted by Crippen LogP contribution is 2.50. The summed E-state index contributed by atoms with van der Waals surface area (Å²) in [5.41, 5.74) is 21.5. The van der Waals surface area contributed by atoms with Crippen LogP contribution < -0.4 is 4.90 Å². The van der Waals surface area contributed by atoms with E-state index < -0.39 is 0 Å². The van der Waals surface area contributed by atoms with Gasteiger partial charge in [0.05, 0.1) is 0 Å². The standard InChI is InChI=1S/C53H43N/c1-4-46-49-20-10-11-21-50(49)51-23-13-22-48(53(46)51)42-17-12-18-45(34-42)54(43-30-26-39(27-31-43)38-15-6-5-7-16-38)44-32-28-40(29-33-44)41-25-24-37(3)52(35-41)47-19-9-8-14-36(47)2/h5-35,46H,4H2,1-3H3. The Morgan fingerprint density at radius 1 is 0.370 bits per heavy atom. The lowest BCUT2D eigenvalue weighted by Gasteiger charge is -2.27. The van der Waals surface area contributed by atoms with Crippen molar-refractivity contribution in [2.45, 2.75) is 33.1 Å². The van der Waals surface area contributed by atoms with Crippen molar-refractivity contribution in [2.24, 2.45) is 0 Å². The van der Waals surface area contributed by atoms with Crippen LogP contribution >= 0.6 is 0 Å². The first kappa shape index (κ1) is 33.4. The van der Waals surface area contributed by atoms with Crippen LogP contribution in [0.2, 0.25) is 0 Å². The van der Waals surface area contributed by atoms with Crippen molar-refractivity contribution in [3.63, 3.8) is 0 Å². The number of aryl methyl sites for hydroxylation is 2. The molecule has 54 heavy (non-hydrogen) atoms. The fourth-order valence-corrected chi connectivity index (χ4v) is 8.52. The van der Waals surface area contributed by atoms with Gasteiger partial charge in [0, 0.05) is 23.0 Å². The van der Waals surface area contributed by atoms with Crippen LogP contribution in [0.5, 0.6) is 0 Å². The number of benzene rings is 8. The SMILES string of the molecule is CCC1c2ccccc2-c2cccc(-c3cccc(N(c4ccc(-c5ccccc5)cc4)c4ccc(-c5ccc(C)c(-c6ccccc6C)c5)cc4)c3)c21. The molecule has 0 fully saturated rings. The van der Waals surface area contributed by atoms with Gasteiger partial charge in [0.25, 0.3) is 0 Å². The molecule has 0 aliphatic heterocycles. The van der Waals surface area contributed by atoms with Gasteiger partial charge in [-0.1, -0.05) is 153 Å².